The molecule has 68 valence electrons. The smallest absolute Gasteiger partial charge is 0.228 e. The van der Waals surface area contributed by atoms with Crippen LogP contribution in [-0.2, 0) is 11.2 Å². The van der Waals surface area contributed by atoms with Crippen molar-refractivity contribution < 1.29 is 4.79 Å². The van der Waals surface area contributed by atoms with Gasteiger partial charge in [0.2, 0.25) is 5.91 Å². The van der Waals surface area contributed by atoms with Crippen molar-refractivity contribution in [3.8, 4) is 0 Å². The molecule has 1 aromatic carbocycles. The van der Waals surface area contributed by atoms with E-state index >= 15 is 0 Å². The minimum absolute atomic E-state index is 0.0931. The number of amides is 1. The van der Waals surface area contributed by atoms with Gasteiger partial charge in [0.1, 0.15) is 0 Å². The first-order valence-corrected chi connectivity index (χ1v) is 5.16. The second kappa shape index (κ2) is 3.14. The Morgan fingerprint density at radius 3 is 3.00 bits per heavy atom. The van der Waals surface area contributed by atoms with Crippen LogP contribution in [0.3, 0.4) is 0 Å². The summed E-state index contributed by atoms with van der Waals surface area (Å²) in [6, 6.07) is 5.97. The number of benzene rings is 1. The van der Waals surface area contributed by atoms with Crippen LogP contribution in [0.15, 0.2) is 18.2 Å². The van der Waals surface area contributed by atoms with E-state index in [1.54, 1.807) is 0 Å². The number of fused-ring (bicyclic) bond motifs is 1. The molecule has 0 saturated heterocycles. The molecule has 2 rings (SSSR count). The normalized spacial score (nSPS) is 16.6. The Hall–Kier alpha value is -0.830. The van der Waals surface area contributed by atoms with Crippen LogP contribution in [0.5, 0.6) is 0 Å². The molecule has 0 spiro atoms. The summed E-state index contributed by atoms with van der Waals surface area (Å²) in [5.74, 6) is 0.0931. The second-order valence-electron chi connectivity index (χ2n) is 3.21. The molecule has 0 bridgehead atoms. The highest BCUT2D eigenvalue weighted by Crippen LogP contribution is 2.33. The maximum absolute atomic E-state index is 11.1. The molecule has 3 heteroatoms. The lowest BCUT2D eigenvalue weighted by atomic mass is 10.0. The SMILES string of the molecule is CC(Br)c1cccc2c1CC(=O)N2. The van der Waals surface area contributed by atoms with Crippen LogP contribution in [0.25, 0.3) is 0 Å². The van der Waals surface area contributed by atoms with Gasteiger partial charge in [0, 0.05) is 10.5 Å². The van der Waals surface area contributed by atoms with Crippen LogP contribution in [0.1, 0.15) is 22.9 Å². The van der Waals surface area contributed by atoms with Crippen LogP contribution in [0, 0.1) is 0 Å². The van der Waals surface area contributed by atoms with Crippen molar-refractivity contribution in [2.45, 2.75) is 18.2 Å². The van der Waals surface area contributed by atoms with E-state index in [9.17, 15) is 4.79 Å². The van der Waals surface area contributed by atoms with Gasteiger partial charge >= 0.3 is 0 Å². The molecular formula is C10H10BrNO. The fourth-order valence-corrected chi connectivity index (χ4v) is 2.08. The number of nitrogens with one attached hydrogen (secondary N) is 1. The number of hydrogen-bond acceptors (Lipinski definition) is 1. The fourth-order valence-electron chi connectivity index (χ4n) is 1.65. The molecule has 1 aliphatic heterocycles. The van der Waals surface area contributed by atoms with Gasteiger partial charge in [-0.2, -0.15) is 0 Å². The molecule has 0 fully saturated rings. The van der Waals surface area contributed by atoms with Crippen LogP contribution in [0.2, 0.25) is 0 Å². The predicted octanol–water partition coefficient (Wildman–Crippen LogP) is 2.64. The first-order chi connectivity index (χ1) is 6.18. The zero-order valence-corrected chi connectivity index (χ0v) is 8.89. The topological polar surface area (TPSA) is 29.1 Å². The predicted molar refractivity (Wildman–Crippen MR) is 56.1 cm³/mol. The van der Waals surface area contributed by atoms with Gasteiger partial charge < -0.3 is 5.32 Å². The quantitative estimate of drug-likeness (QED) is 0.751. The Labute approximate surface area is 85.5 Å². The third kappa shape index (κ3) is 1.48. The molecule has 0 saturated carbocycles. The van der Waals surface area contributed by atoms with Crippen molar-refractivity contribution in [3.05, 3.63) is 29.3 Å². The van der Waals surface area contributed by atoms with Crippen LogP contribution < -0.4 is 5.32 Å². The Kier molecular flexibility index (Phi) is 2.12. The van der Waals surface area contributed by atoms with Gasteiger partial charge in [-0.05, 0) is 24.1 Å². The number of carbonyl (C=O) groups is 1. The lowest BCUT2D eigenvalue weighted by Crippen LogP contribution is -2.03. The van der Waals surface area contributed by atoms with Gasteiger partial charge in [-0.25, -0.2) is 0 Å². The number of rotatable bonds is 1. The molecular weight excluding hydrogens is 230 g/mol. The number of hydrogen-bond donors (Lipinski definition) is 1. The summed E-state index contributed by atoms with van der Waals surface area (Å²) in [7, 11) is 0. The third-order valence-corrected chi connectivity index (χ3v) is 2.75. The van der Waals surface area contributed by atoms with Crippen molar-refractivity contribution in [1.82, 2.24) is 0 Å². The summed E-state index contributed by atoms with van der Waals surface area (Å²) in [6.07, 6.45) is 0.515. The molecule has 1 heterocycles. The molecule has 0 aromatic heterocycles. The summed E-state index contributed by atoms with van der Waals surface area (Å²) in [4.78, 5) is 11.4. The summed E-state index contributed by atoms with van der Waals surface area (Å²) in [6.45, 7) is 2.07. The van der Waals surface area contributed by atoms with Crippen molar-refractivity contribution in [2.24, 2.45) is 0 Å². The lowest BCUT2D eigenvalue weighted by molar-refractivity contribution is -0.115. The van der Waals surface area contributed by atoms with Gasteiger partial charge in [0.15, 0.2) is 0 Å². The minimum atomic E-state index is 0.0931. The maximum atomic E-state index is 11.1. The van der Waals surface area contributed by atoms with Crippen LogP contribution >= 0.6 is 15.9 Å². The second-order valence-corrected chi connectivity index (χ2v) is 4.59. The third-order valence-electron chi connectivity index (χ3n) is 2.25. The molecule has 1 amide bonds. The van der Waals surface area contributed by atoms with E-state index < -0.39 is 0 Å². The number of carbonyl (C=O) groups excluding carboxylic acids is 1. The highest BCUT2D eigenvalue weighted by atomic mass is 79.9. The fraction of sp³-hybridized carbons (Fsp3) is 0.300. The Balaban J connectivity index is 2.51. The number of alkyl halides is 1. The molecule has 0 aliphatic carbocycles. The van der Waals surface area contributed by atoms with Crippen molar-refractivity contribution in [1.29, 1.82) is 0 Å². The molecule has 2 nitrogen and oxygen atoms in total. The van der Waals surface area contributed by atoms with Crippen LogP contribution in [-0.4, -0.2) is 5.91 Å². The van der Waals surface area contributed by atoms with Crippen molar-refractivity contribution >= 4 is 27.5 Å². The first-order valence-electron chi connectivity index (χ1n) is 4.24. The minimum Gasteiger partial charge on any atom is -0.326 e. The highest BCUT2D eigenvalue weighted by molar-refractivity contribution is 9.09. The van der Waals surface area contributed by atoms with E-state index in [0.717, 1.165) is 11.3 Å². The molecule has 1 aliphatic rings. The van der Waals surface area contributed by atoms with Gasteiger partial charge in [0.25, 0.3) is 0 Å². The molecule has 13 heavy (non-hydrogen) atoms. The molecule has 1 unspecified atom stereocenters. The van der Waals surface area contributed by atoms with Crippen molar-refractivity contribution in [3.63, 3.8) is 0 Å². The summed E-state index contributed by atoms with van der Waals surface area (Å²) in [5, 5.41) is 2.83. The van der Waals surface area contributed by atoms with E-state index in [0.29, 0.717) is 11.2 Å². The van der Waals surface area contributed by atoms with Gasteiger partial charge in [-0.15, -0.1) is 0 Å². The molecule has 0 radical (unpaired) electrons. The number of halogens is 1. The van der Waals surface area contributed by atoms with E-state index in [4.69, 9.17) is 0 Å². The standard InChI is InChI=1S/C10H10BrNO/c1-6(11)7-3-2-4-9-8(7)5-10(13)12-9/h2-4,6H,5H2,1H3,(H,12,13). The zero-order valence-electron chi connectivity index (χ0n) is 7.30. The van der Waals surface area contributed by atoms with Gasteiger partial charge in [-0.1, -0.05) is 28.1 Å². The maximum Gasteiger partial charge on any atom is 0.228 e. The zero-order chi connectivity index (χ0) is 9.42. The summed E-state index contributed by atoms with van der Waals surface area (Å²) < 4.78 is 0. The Morgan fingerprint density at radius 2 is 2.31 bits per heavy atom. The number of anilines is 1. The van der Waals surface area contributed by atoms with Crippen LogP contribution in [0.4, 0.5) is 5.69 Å². The average molecular weight is 240 g/mol. The molecule has 1 atom stereocenters. The molecule has 1 aromatic rings. The Morgan fingerprint density at radius 1 is 1.54 bits per heavy atom. The van der Waals surface area contributed by atoms with E-state index in [2.05, 4.69) is 34.2 Å². The lowest BCUT2D eigenvalue weighted by Gasteiger charge is -2.08. The van der Waals surface area contributed by atoms with Gasteiger partial charge in [0.05, 0.1) is 6.42 Å². The molecule has 1 N–H and O–H groups in total. The Bertz CT molecular complexity index is 360. The summed E-state index contributed by atoms with van der Waals surface area (Å²) in [5.41, 5.74) is 3.31. The highest BCUT2D eigenvalue weighted by Gasteiger charge is 2.21. The van der Waals surface area contributed by atoms with Gasteiger partial charge in [-0.3, -0.25) is 4.79 Å². The largest absolute Gasteiger partial charge is 0.326 e. The van der Waals surface area contributed by atoms with Crippen molar-refractivity contribution in [2.75, 3.05) is 5.32 Å². The van der Waals surface area contributed by atoms with E-state index in [1.807, 2.05) is 12.1 Å². The summed E-state index contributed by atoms with van der Waals surface area (Å²) >= 11 is 3.52. The first kappa shape index (κ1) is 8.75. The average Bonchev–Trinajstić information content (AvgIpc) is 2.43. The van der Waals surface area contributed by atoms with E-state index in [1.165, 1.54) is 5.56 Å². The van der Waals surface area contributed by atoms with E-state index in [-0.39, 0.29) is 5.91 Å². The monoisotopic (exact) mass is 239 g/mol.